The van der Waals surface area contributed by atoms with E-state index in [1.54, 1.807) is 18.4 Å². The fourth-order valence-corrected chi connectivity index (χ4v) is 5.06. The zero-order chi connectivity index (χ0) is 19.4. The molecule has 5 atom stereocenters. The van der Waals surface area contributed by atoms with Gasteiger partial charge in [-0.15, -0.1) is 0 Å². The van der Waals surface area contributed by atoms with Crippen LogP contribution in [0.5, 0.6) is 0 Å². The second-order valence-corrected chi connectivity index (χ2v) is 7.90. The van der Waals surface area contributed by atoms with Gasteiger partial charge < -0.3 is 24.1 Å². The number of aliphatic hydroxyl groups excluding tert-OH is 1. The predicted molar refractivity (Wildman–Crippen MR) is 100 cm³/mol. The molecule has 146 valence electrons. The lowest BCUT2D eigenvalue weighted by molar-refractivity contribution is -0.199. The van der Waals surface area contributed by atoms with Gasteiger partial charge in [0.1, 0.15) is 17.7 Å². The zero-order valence-electron chi connectivity index (χ0n) is 14.9. The first-order valence-electron chi connectivity index (χ1n) is 9.25. The number of furan rings is 1. The molecule has 0 amide bonds. The molecule has 1 aliphatic carbocycles. The Morgan fingerprint density at radius 3 is 2.61 bits per heavy atom. The van der Waals surface area contributed by atoms with Crippen molar-refractivity contribution in [2.45, 2.75) is 43.8 Å². The van der Waals surface area contributed by atoms with Gasteiger partial charge in [0.2, 0.25) is 0 Å². The summed E-state index contributed by atoms with van der Waals surface area (Å²) in [6.07, 6.45) is 0.619. The number of thiocarbonyl (C=S) groups is 1. The summed E-state index contributed by atoms with van der Waals surface area (Å²) in [6, 6.07) is 9.49. The molecule has 1 saturated carbocycles. The molecule has 4 fully saturated rings. The number of esters is 1. The van der Waals surface area contributed by atoms with E-state index < -0.39 is 18.1 Å². The fraction of sp³-hybridized carbons (Fsp3) is 0.400. The van der Waals surface area contributed by atoms with Gasteiger partial charge in [0.05, 0.1) is 36.9 Å². The van der Waals surface area contributed by atoms with Crippen molar-refractivity contribution in [3.05, 3.63) is 59.8 Å². The van der Waals surface area contributed by atoms with Crippen molar-refractivity contribution in [3.63, 3.8) is 0 Å². The molecule has 6 nitrogen and oxygen atoms in total. The molecule has 0 unspecified atom stereocenters. The van der Waals surface area contributed by atoms with E-state index in [-0.39, 0.29) is 23.9 Å². The standard InChI is InChI=1S/C20H19FN2O4S/c21-12-5-3-11(4-6-12)9-22-17-16(14-8-15(24)18(17)27-19(14)25)23(20(22)28)10-13-2-1-7-26-13/h1-7,14-18,24H,8-10H2/t14-,15-,16-,17-,18+/m1/s1. The molecular weight excluding hydrogens is 383 g/mol. The summed E-state index contributed by atoms with van der Waals surface area (Å²) in [5, 5.41) is 11.1. The van der Waals surface area contributed by atoms with Crippen LogP contribution < -0.4 is 0 Å². The molecule has 0 radical (unpaired) electrons. The Labute approximate surface area is 166 Å². The maximum Gasteiger partial charge on any atom is 0.311 e. The highest BCUT2D eigenvalue weighted by Gasteiger charge is 2.62. The van der Waals surface area contributed by atoms with E-state index in [0.29, 0.717) is 24.6 Å². The summed E-state index contributed by atoms with van der Waals surface area (Å²) in [7, 11) is 0. The molecular formula is C20H19FN2O4S. The van der Waals surface area contributed by atoms with Crippen LogP contribution in [0.2, 0.25) is 0 Å². The number of ether oxygens (including phenoxy) is 1. The van der Waals surface area contributed by atoms with Crippen molar-refractivity contribution >= 4 is 23.3 Å². The van der Waals surface area contributed by atoms with E-state index in [9.17, 15) is 14.3 Å². The Kier molecular flexibility index (Phi) is 4.13. The lowest BCUT2D eigenvalue weighted by atomic mass is 9.74. The zero-order valence-corrected chi connectivity index (χ0v) is 15.7. The van der Waals surface area contributed by atoms with E-state index in [4.69, 9.17) is 21.4 Å². The average molecular weight is 402 g/mol. The van der Waals surface area contributed by atoms with Gasteiger partial charge in [-0.3, -0.25) is 4.79 Å². The number of nitrogens with zero attached hydrogens (tertiary/aromatic N) is 2. The number of benzene rings is 1. The summed E-state index contributed by atoms with van der Waals surface area (Å²) < 4.78 is 24.3. The number of aliphatic hydroxyl groups is 1. The monoisotopic (exact) mass is 402 g/mol. The van der Waals surface area contributed by atoms with Crippen LogP contribution in [-0.4, -0.2) is 50.3 Å². The van der Waals surface area contributed by atoms with Gasteiger partial charge in [0.25, 0.3) is 0 Å². The molecule has 6 rings (SSSR count). The van der Waals surface area contributed by atoms with Crippen LogP contribution in [0.15, 0.2) is 47.1 Å². The first-order valence-corrected chi connectivity index (χ1v) is 9.66. The smallest absolute Gasteiger partial charge is 0.311 e. The molecule has 4 aliphatic rings. The summed E-state index contributed by atoms with van der Waals surface area (Å²) in [6.45, 7) is 0.891. The van der Waals surface area contributed by atoms with E-state index in [2.05, 4.69) is 0 Å². The van der Waals surface area contributed by atoms with E-state index in [0.717, 1.165) is 11.3 Å². The van der Waals surface area contributed by atoms with Crippen LogP contribution in [0.4, 0.5) is 4.39 Å². The summed E-state index contributed by atoms with van der Waals surface area (Å²) in [5.41, 5.74) is 0.893. The van der Waals surface area contributed by atoms with Crippen LogP contribution in [0, 0.1) is 11.7 Å². The van der Waals surface area contributed by atoms with Gasteiger partial charge in [0, 0.05) is 6.54 Å². The molecule has 4 heterocycles. The Hall–Kier alpha value is -2.45. The molecule has 1 aromatic carbocycles. The number of halogens is 1. The van der Waals surface area contributed by atoms with Crippen molar-refractivity contribution in [3.8, 4) is 0 Å². The normalized spacial score (nSPS) is 31.3. The highest BCUT2D eigenvalue weighted by atomic mass is 32.1. The van der Waals surface area contributed by atoms with Gasteiger partial charge in [-0.1, -0.05) is 12.1 Å². The minimum Gasteiger partial charge on any atom is -0.467 e. The van der Waals surface area contributed by atoms with Gasteiger partial charge in [0.15, 0.2) is 5.11 Å². The molecule has 2 aromatic rings. The molecule has 0 spiro atoms. The van der Waals surface area contributed by atoms with Crippen LogP contribution in [0.3, 0.4) is 0 Å². The number of carbonyl (C=O) groups is 1. The number of hydrogen-bond acceptors (Lipinski definition) is 5. The molecule has 3 saturated heterocycles. The maximum absolute atomic E-state index is 13.3. The summed E-state index contributed by atoms with van der Waals surface area (Å²) in [5.74, 6) is -0.283. The van der Waals surface area contributed by atoms with Crippen LogP contribution in [0.1, 0.15) is 17.7 Å². The Bertz CT molecular complexity index is 903. The topological polar surface area (TPSA) is 66.2 Å². The van der Waals surface area contributed by atoms with Crippen LogP contribution in [0.25, 0.3) is 0 Å². The second-order valence-electron chi connectivity index (χ2n) is 7.54. The summed E-state index contributed by atoms with van der Waals surface area (Å²) in [4.78, 5) is 16.4. The summed E-state index contributed by atoms with van der Waals surface area (Å²) >= 11 is 5.77. The molecule has 1 N–H and O–H groups in total. The van der Waals surface area contributed by atoms with E-state index >= 15 is 0 Å². The maximum atomic E-state index is 13.3. The van der Waals surface area contributed by atoms with E-state index in [1.807, 2.05) is 21.9 Å². The van der Waals surface area contributed by atoms with Crippen LogP contribution in [-0.2, 0) is 22.6 Å². The fourth-order valence-electron chi connectivity index (χ4n) is 4.69. The van der Waals surface area contributed by atoms with Gasteiger partial charge >= 0.3 is 5.97 Å². The average Bonchev–Trinajstić information content (AvgIpc) is 3.28. The molecule has 28 heavy (non-hydrogen) atoms. The van der Waals surface area contributed by atoms with Gasteiger partial charge in [-0.2, -0.15) is 0 Å². The highest BCUT2D eigenvalue weighted by Crippen LogP contribution is 2.45. The third-order valence-electron chi connectivity index (χ3n) is 5.91. The van der Waals surface area contributed by atoms with Gasteiger partial charge in [-0.05, 0) is 48.5 Å². The minimum atomic E-state index is -0.717. The number of hydrogen-bond donors (Lipinski definition) is 1. The molecule has 2 bridgehead atoms. The number of fused-ring (bicyclic) bond motifs is 2. The second kappa shape index (κ2) is 6.56. The highest BCUT2D eigenvalue weighted by molar-refractivity contribution is 7.80. The third kappa shape index (κ3) is 2.70. The molecule has 8 heteroatoms. The van der Waals surface area contributed by atoms with E-state index in [1.165, 1.54) is 12.1 Å². The molecule has 3 aliphatic heterocycles. The number of carbonyl (C=O) groups excluding carboxylic acids is 1. The third-order valence-corrected chi connectivity index (χ3v) is 6.38. The van der Waals surface area contributed by atoms with Crippen molar-refractivity contribution in [1.29, 1.82) is 0 Å². The quantitative estimate of drug-likeness (QED) is 0.620. The Morgan fingerprint density at radius 2 is 1.89 bits per heavy atom. The first kappa shape index (κ1) is 17.6. The Morgan fingerprint density at radius 1 is 1.14 bits per heavy atom. The minimum absolute atomic E-state index is 0.187. The predicted octanol–water partition coefficient (Wildman–Crippen LogP) is 2.06. The van der Waals surface area contributed by atoms with Crippen molar-refractivity contribution < 1.29 is 23.4 Å². The lowest BCUT2D eigenvalue weighted by Crippen LogP contribution is -2.66. The van der Waals surface area contributed by atoms with Crippen molar-refractivity contribution in [1.82, 2.24) is 9.80 Å². The van der Waals surface area contributed by atoms with Crippen LogP contribution >= 0.6 is 12.2 Å². The van der Waals surface area contributed by atoms with Crippen molar-refractivity contribution in [2.75, 3.05) is 0 Å². The Balaban J connectivity index is 1.50. The lowest BCUT2D eigenvalue weighted by Gasteiger charge is -2.49. The number of rotatable bonds is 4. The first-order chi connectivity index (χ1) is 13.5. The molecule has 1 aromatic heterocycles. The van der Waals surface area contributed by atoms with Crippen molar-refractivity contribution in [2.24, 2.45) is 5.92 Å². The SMILES string of the molecule is O=C1O[C@@H]2[C@H]3[C@@H]([C@H]1C[C@H]2O)N(Cc1ccco1)C(=S)N3Cc1ccc(F)cc1. The van der Waals surface area contributed by atoms with Gasteiger partial charge in [-0.25, -0.2) is 4.39 Å². The largest absolute Gasteiger partial charge is 0.467 e.